The zero-order valence-electron chi connectivity index (χ0n) is 9.55. The lowest BCUT2D eigenvalue weighted by atomic mass is 9.78. The number of hydrogen-bond acceptors (Lipinski definition) is 2. The first-order valence-electron chi connectivity index (χ1n) is 5.00. The van der Waals surface area contributed by atoms with E-state index in [-0.39, 0.29) is 17.2 Å². The van der Waals surface area contributed by atoms with Crippen LogP contribution in [-0.4, -0.2) is 11.8 Å². The van der Waals surface area contributed by atoms with Crippen LogP contribution in [0.1, 0.15) is 47.5 Å². The maximum absolute atomic E-state index is 11.0. The first-order chi connectivity index (χ1) is 5.74. The van der Waals surface area contributed by atoms with Crippen LogP contribution in [0.3, 0.4) is 0 Å². The summed E-state index contributed by atoms with van der Waals surface area (Å²) in [6.07, 6.45) is 1.91. The maximum Gasteiger partial charge on any atom is 0.146 e. The second-order valence-corrected chi connectivity index (χ2v) is 5.18. The van der Waals surface area contributed by atoms with E-state index in [0.29, 0.717) is 5.92 Å². The Kier molecular flexibility index (Phi) is 4.62. The standard InChI is InChI=1S/C11H23NO/c1-8(2)6-11(4,5)7-10(12)9(3)13/h8,10H,6-7,12H2,1-5H3. The van der Waals surface area contributed by atoms with Crippen molar-refractivity contribution in [2.75, 3.05) is 0 Å². The van der Waals surface area contributed by atoms with Gasteiger partial charge in [-0.3, -0.25) is 4.79 Å². The van der Waals surface area contributed by atoms with E-state index in [2.05, 4.69) is 27.7 Å². The third-order valence-electron chi connectivity index (χ3n) is 2.26. The smallest absolute Gasteiger partial charge is 0.146 e. The molecule has 0 fully saturated rings. The van der Waals surface area contributed by atoms with E-state index in [1.165, 1.54) is 0 Å². The predicted octanol–water partition coefficient (Wildman–Crippen LogP) is 2.37. The Morgan fingerprint density at radius 3 is 2.08 bits per heavy atom. The van der Waals surface area contributed by atoms with Crippen LogP contribution in [0.15, 0.2) is 0 Å². The van der Waals surface area contributed by atoms with Crippen molar-refractivity contribution in [1.82, 2.24) is 0 Å². The molecule has 0 aliphatic heterocycles. The summed E-state index contributed by atoms with van der Waals surface area (Å²) in [5.74, 6) is 0.756. The molecule has 0 saturated heterocycles. The molecular formula is C11H23NO. The van der Waals surface area contributed by atoms with Crippen LogP contribution in [0.5, 0.6) is 0 Å². The highest BCUT2D eigenvalue weighted by molar-refractivity contribution is 5.81. The molecule has 0 aromatic heterocycles. The van der Waals surface area contributed by atoms with Crippen LogP contribution < -0.4 is 5.73 Å². The summed E-state index contributed by atoms with van der Waals surface area (Å²) in [4.78, 5) is 11.0. The van der Waals surface area contributed by atoms with Crippen molar-refractivity contribution >= 4 is 5.78 Å². The molecule has 2 heteroatoms. The van der Waals surface area contributed by atoms with Crippen molar-refractivity contribution in [1.29, 1.82) is 0 Å². The molecule has 0 aromatic carbocycles. The van der Waals surface area contributed by atoms with Crippen LogP contribution >= 0.6 is 0 Å². The molecule has 0 spiro atoms. The van der Waals surface area contributed by atoms with Crippen molar-refractivity contribution in [3.8, 4) is 0 Å². The Hall–Kier alpha value is -0.370. The molecule has 2 nitrogen and oxygen atoms in total. The molecule has 0 heterocycles. The predicted molar refractivity (Wildman–Crippen MR) is 56.5 cm³/mol. The van der Waals surface area contributed by atoms with Crippen molar-refractivity contribution in [3.63, 3.8) is 0 Å². The van der Waals surface area contributed by atoms with Gasteiger partial charge in [0.1, 0.15) is 5.78 Å². The van der Waals surface area contributed by atoms with Crippen LogP contribution in [0.4, 0.5) is 0 Å². The Morgan fingerprint density at radius 1 is 1.31 bits per heavy atom. The Bertz CT molecular complexity index is 173. The van der Waals surface area contributed by atoms with Gasteiger partial charge >= 0.3 is 0 Å². The summed E-state index contributed by atoms with van der Waals surface area (Å²) in [6.45, 7) is 10.3. The second-order valence-electron chi connectivity index (χ2n) is 5.18. The van der Waals surface area contributed by atoms with Gasteiger partial charge in [-0.25, -0.2) is 0 Å². The minimum atomic E-state index is -0.284. The summed E-state index contributed by atoms with van der Waals surface area (Å²) in [6, 6.07) is -0.284. The van der Waals surface area contributed by atoms with Crippen LogP contribution in [-0.2, 0) is 4.79 Å². The van der Waals surface area contributed by atoms with E-state index in [1.807, 2.05) is 0 Å². The number of nitrogens with two attached hydrogens (primary N) is 1. The number of carbonyl (C=O) groups is 1. The second kappa shape index (κ2) is 4.75. The highest BCUT2D eigenvalue weighted by Gasteiger charge is 2.24. The molecule has 0 amide bonds. The summed E-state index contributed by atoms with van der Waals surface area (Å²) in [5, 5.41) is 0. The molecule has 1 unspecified atom stereocenters. The lowest BCUT2D eigenvalue weighted by Gasteiger charge is -2.28. The van der Waals surface area contributed by atoms with Crippen molar-refractivity contribution in [3.05, 3.63) is 0 Å². The third-order valence-corrected chi connectivity index (χ3v) is 2.26. The first-order valence-corrected chi connectivity index (χ1v) is 5.00. The SMILES string of the molecule is CC(=O)C(N)CC(C)(C)CC(C)C. The molecule has 0 aromatic rings. The number of ketones is 1. The normalized spacial score (nSPS) is 14.7. The Labute approximate surface area is 81.9 Å². The van der Waals surface area contributed by atoms with Gasteiger partial charge in [-0.1, -0.05) is 27.7 Å². The van der Waals surface area contributed by atoms with Gasteiger partial charge in [-0.05, 0) is 31.1 Å². The largest absolute Gasteiger partial charge is 0.322 e. The molecule has 2 N–H and O–H groups in total. The number of hydrogen-bond donors (Lipinski definition) is 1. The fourth-order valence-corrected chi connectivity index (χ4v) is 1.93. The first kappa shape index (κ1) is 12.6. The van der Waals surface area contributed by atoms with Crippen LogP contribution in [0.25, 0.3) is 0 Å². The summed E-state index contributed by atoms with van der Waals surface area (Å²) in [7, 11) is 0. The average Bonchev–Trinajstić information content (AvgIpc) is 1.81. The topological polar surface area (TPSA) is 43.1 Å². The maximum atomic E-state index is 11.0. The molecule has 13 heavy (non-hydrogen) atoms. The van der Waals surface area contributed by atoms with E-state index in [0.717, 1.165) is 12.8 Å². The van der Waals surface area contributed by atoms with Gasteiger partial charge in [-0.2, -0.15) is 0 Å². The molecule has 0 aliphatic rings. The van der Waals surface area contributed by atoms with Crippen LogP contribution in [0.2, 0.25) is 0 Å². The molecule has 0 saturated carbocycles. The van der Waals surface area contributed by atoms with E-state index >= 15 is 0 Å². The van der Waals surface area contributed by atoms with Crippen molar-refractivity contribution in [2.24, 2.45) is 17.1 Å². The lowest BCUT2D eigenvalue weighted by molar-refractivity contribution is -0.118. The van der Waals surface area contributed by atoms with Gasteiger partial charge in [0.25, 0.3) is 0 Å². The van der Waals surface area contributed by atoms with E-state index < -0.39 is 0 Å². The Balaban J connectivity index is 4.08. The summed E-state index contributed by atoms with van der Waals surface area (Å²) in [5.41, 5.74) is 5.91. The van der Waals surface area contributed by atoms with Gasteiger partial charge in [0.15, 0.2) is 0 Å². The monoisotopic (exact) mass is 185 g/mol. The van der Waals surface area contributed by atoms with E-state index in [9.17, 15) is 4.79 Å². The van der Waals surface area contributed by atoms with Gasteiger partial charge in [0.2, 0.25) is 0 Å². The molecule has 0 radical (unpaired) electrons. The zero-order chi connectivity index (χ0) is 10.6. The lowest BCUT2D eigenvalue weighted by Crippen LogP contribution is -2.34. The van der Waals surface area contributed by atoms with E-state index in [4.69, 9.17) is 5.73 Å². The summed E-state index contributed by atoms with van der Waals surface area (Å²) >= 11 is 0. The minimum absolute atomic E-state index is 0.0943. The van der Waals surface area contributed by atoms with Crippen molar-refractivity contribution < 1.29 is 4.79 Å². The number of carbonyl (C=O) groups excluding carboxylic acids is 1. The van der Waals surface area contributed by atoms with Gasteiger partial charge in [-0.15, -0.1) is 0 Å². The highest BCUT2D eigenvalue weighted by atomic mass is 16.1. The van der Waals surface area contributed by atoms with E-state index in [1.54, 1.807) is 6.92 Å². The molecule has 0 bridgehead atoms. The fraction of sp³-hybridized carbons (Fsp3) is 0.909. The quantitative estimate of drug-likeness (QED) is 0.714. The molecule has 1 atom stereocenters. The van der Waals surface area contributed by atoms with Crippen LogP contribution in [0, 0.1) is 11.3 Å². The molecular weight excluding hydrogens is 162 g/mol. The van der Waals surface area contributed by atoms with Gasteiger partial charge in [0, 0.05) is 0 Å². The highest BCUT2D eigenvalue weighted by Crippen LogP contribution is 2.30. The third kappa shape index (κ3) is 5.81. The average molecular weight is 185 g/mol. The number of rotatable bonds is 5. The molecule has 78 valence electrons. The fourth-order valence-electron chi connectivity index (χ4n) is 1.93. The molecule has 0 aliphatic carbocycles. The zero-order valence-corrected chi connectivity index (χ0v) is 9.55. The number of Topliss-reactive ketones (excluding diaryl/α,β-unsaturated/α-hetero) is 1. The van der Waals surface area contributed by atoms with Gasteiger partial charge in [0.05, 0.1) is 6.04 Å². The minimum Gasteiger partial charge on any atom is -0.322 e. The molecule has 0 rings (SSSR count). The van der Waals surface area contributed by atoms with Gasteiger partial charge < -0.3 is 5.73 Å². The van der Waals surface area contributed by atoms with Crippen molar-refractivity contribution in [2.45, 2.75) is 53.5 Å². The Morgan fingerprint density at radius 2 is 1.77 bits per heavy atom. The summed E-state index contributed by atoms with van der Waals surface area (Å²) < 4.78 is 0.